The predicted molar refractivity (Wildman–Crippen MR) is 195 cm³/mol. The number of hydrogen-bond donors (Lipinski definition) is 2. The van der Waals surface area contributed by atoms with Gasteiger partial charge in [0.1, 0.15) is 23.7 Å². The van der Waals surface area contributed by atoms with Crippen LogP contribution >= 0.6 is 0 Å². The SMILES string of the molecule is CCOC(=O)c1ccc2c(c1)C(C)(C)/C(=C\C=CC1=[N+](CCCCS(=O)(=O)O)c3ccc(OC(=O)CC)cc3C1(C)C)[N+]21CCCC1S(=O)(=O)O. The van der Waals surface area contributed by atoms with Gasteiger partial charge >= 0.3 is 22.1 Å². The summed E-state index contributed by atoms with van der Waals surface area (Å²) < 4.78 is 81.4. The maximum Gasteiger partial charge on any atom is 0.338 e. The monoisotopic (exact) mass is 744 g/mol. The van der Waals surface area contributed by atoms with Crippen LogP contribution in [0.2, 0.25) is 0 Å². The van der Waals surface area contributed by atoms with E-state index in [0.29, 0.717) is 42.9 Å². The molecule has 2 unspecified atom stereocenters. The van der Waals surface area contributed by atoms with E-state index in [1.165, 1.54) is 0 Å². The van der Waals surface area contributed by atoms with Crippen LogP contribution in [0.1, 0.15) is 95.1 Å². The summed E-state index contributed by atoms with van der Waals surface area (Å²) in [6, 6.07) is 10.6. The summed E-state index contributed by atoms with van der Waals surface area (Å²) in [5.74, 6) is -0.781. The minimum atomic E-state index is -4.49. The van der Waals surface area contributed by atoms with Crippen molar-refractivity contribution in [2.24, 2.45) is 0 Å². The van der Waals surface area contributed by atoms with Crippen LogP contribution in [0.25, 0.3) is 0 Å². The molecular weight excluding hydrogens is 697 g/mol. The van der Waals surface area contributed by atoms with E-state index in [1.54, 1.807) is 38.1 Å². The van der Waals surface area contributed by atoms with Crippen LogP contribution in [0.15, 0.2) is 60.3 Å². The highest BCUT2D eigenvalue weighted by molar-refractivity contribution is 7.86. The van der Waals surface area contributed by atoms with Crippen molar-refractivity contribution in [1.29, 1.82) is 0 Å². The van der Waals surface area contributed by atoms with Crippen LogP contribution in [0.4, 0.5) is 11.4 Å². The number of unbranched alkanes of at least 4 members (excludes halogenated alkanes) is 1. The normalized spacial score (nSPS) is 22.9. The molecule has 1 saturated heterocycles. The highest BCUT2D eigenvalue weighted by atomic mass is 32.2. The molecule has 12 nitrogen and oxygen atoms in total. The van der Waals surface area contributed by atoms with Gasteiger partial charge in [-0.1, -0.05) is 13.0 Å². The van der Waals surface area contributed by atoms with Crippen molar-refractivity contribution in [3.63, 3.8) is 0 Å². The summed E-state index contributed by atoms with van der Waals surface area (Å²) in [5.41, 5.74) is 3.89. The van der Waals surface area contributed by atoms with E-state index in [0.717, 1.165) is 28.2 Å². The fourth-order valence-corrected chi connectivity index (χ4v) is 9.91. The van der Waals surface area contributed by atoms with Gasteiger partial charge in [-0.3, -0.25) is 13.9 Å². The predicted octanol–water partition coefficient (Wildman–Crippen LogP) is 5.97. The van der Waals surface area contributed by atoms with Crippen LogP contribution in [0.3, 0.4) is 0 Å². The van der Waals surface area contributed by atoms with Crippen LogP contribution < -0.4 is 9.22 Å². The first-order valence-electron chi connectivity index (χ1n) is 17.3. The Kier molecular flexibility index (Phi) is 10.6. The smallest absolute Gasteiger partial charge is 0.338 e. The first-order chi connectivity index (χ1) is 23.8. The average molecular weight is 745 g/mol. The Bertz CT molecular complexity index is 2060. The van der Waals surface area contributed by atoms with Crippen molar-refractivity contribution in [1.82, 2.24) is 4.48 Å². The van der Waals surface area contributed by atoms with Crippen LogP contribution in [0.5, 0.6) is 5.75 Å². The minimum absolute atomic E-state index is 0.0843. The molecule has 2 N–H and O–H groups in total. The highest BCUT2D eigenvalue weighted by Crippen LogP contribution is 2.57. The van der Waals surface area contributed by atoms with E-state index in [-0.39, 0.29) is 42.1 Å². The molecule has 5 rings (SSSR count). The molecule has 0 amide bonds. The summed E-state index contributed by atoms with van der Waals surface area (Å²) in [7, 11) is -8.61. The Morgan fingerprint density at radius 1 is 0.980 bits per heavy atom. The van der Waals surface area contributed by atoms with E-state index in [2.05, 4.69) is 4.58 Å². The number of rotatable bonds is 12. The Labute approximate surface area is 300 Å². The molecule has 1 spiro atoms. The van der Waals surface area contributed by atoms with E-state index >= 15 is 0 Å². The number of quaternary nitrogens is 1. The zero-order valence-electron chi connectivity index (χ0n) is 30.0. The lowest BCUT2D eigenvalue weighted by molar-refractivity contribution is -0.438. The Morgan fingerprint density at radius 3 is 2.35 bits per heavy atom. The van der Waals surface area contributed by atoms with Crippen LogP contribution in [-0.4, -0.2) is 79.0 Å². The van der Waals surface area contributed by atoms with Crippen molar-refractivity contribution in [2.45, 2.75) is 89.9 Å². The summed E-state index contributed by atoms with van der Waals surface area (Å²) in [4.78, 5) is 24.8. The highest BCUT2D eigenvalue weighted by Gasteiger charge is 2.62. The second-order valence-electron chi connectivity index (χ2n) is 14.4. The van der Waals surface area contributed by atoms with E-state index in [9.17, 15) is 35.5 Å². The van der Waals surface area contributed by atoms with Crippen LogP contribution in [0, 0.1) is 0 Å². The van der Waals surface area contributed by atoms with Crippen molar-refractivity contribution >= 4 is 49.3 Å². The second kappa shape index (κ2) is 14.0. The molecule has 3 aliphatic rings. The molecule has 0 aliphatic carbocycles. The molecule has 2 aromatic carbocycles. The van der Waals surface area contributed by atoms with Gasteiger partial charge in [-0.25, -0.2) is 9.28 Å². The first kappa shape index (κ1) is 38.5. The lowest BCUT2D eigenvalue weighted by Gasteiger charge is -2.37. The zero-order valence-corrected chi connectivity index (χ0v) is 31.6. The molecule has 0 bridgehead atoms. The van der Waals surface area contributed by atoms with Crippen molar-refractivity contribution in [2.75, 3.05) is 25.4 Å². The number of nitrogens with zero attached hydrogens (tertiary/aromatic N) is 2. The maximum atomic E-state index is 13.0. The molecule has 51 heavy (non-hydrogen) atoms. The molecule has 2 aromatic rings. The fourth-order valence-electron chi connectivity index (χ4n) is 8.09. The van der Waals surface area contributed by atoms with Gasteiger partial charge in [0, 0.05) is 55.0 Å². The number of ether oxygens (including phenoxy) is 2. The number of benzene rings is 2. The number of hydrogen-bond acceptors (Lipinski definition) is 8. The van der Waals surface area contributed by atoms with E-state index in [4.69, 9.17) is 9.47 Å². The van der Waals surface area contributed by atoms with Crippen molar-refractivity contribution in [3.8, 4) is 5.75 Å². The minimum Gasteiger partial charge on any atom is -0.462 e. The number of fused-ring (bicyclic) bond motifs is 3. The van der Waals surface area contributed by atoms with Crippen LogP contribution in [-0.2, 0) is 40.6 Å². The summed E-state index contributed by atoms with van der Waals surface area (Å²) in [5, 5.41) is -1.13. The van der Waals surface area contributed by atoms with Crippen molar-refractivity contribution in [3.05, 3.63) is 77.0 Å². The third-order valence-electron chi connectivity index (χ3n) is 10.4. The fraction of sp³-hybridized carbons (Fsp3) is 0.486. The Hall–Kier alpha value is -3.69. The summed E-state index contributed by atoms with van der Waals surface area (Å²) in [6.07, 6.45) is 7.48. The first-order valence-corrected chi connectivity index (χ1v) is 20.4. The molecule has 3 heterocycles. The molecule has 3 aliphatic heterocycles. The molecule has 14 heteroatoms. The number of carbonyl (C=O) groups is 2. The van der Waals surface area contributed by atoms with Gasteiger partial charge in [-0.2, -0.15) is 21.4 Å². The van der Waals surface area contributed by atoms with Gasteiger partial charge in [0.2, 0.25) is 11.1 Å². The van der Waals surface area contributed by atoms with Gasteiger partial charge in [-0.05, 0) is 71.4 Å². The molecule has 2 atom stereocenters. The summed E-state index contributed by atoms with van der Waals surface area (Å²) >= 11 is 0. The zero-order chi connectivity index (χ0) is 37.6. The third kappa shape index (κ3) is 7.21. The van der Waals surface area contributed by atoms with Gasteiger partial charge in [-0.15, -0.1) is 0 Å². The van der Waals surface area contributed by atoms with Gasteiger partial charge < -0.3 is 9.47 Å². The largest absolute Gasteiger partial charge is 0.462 e. The topological polar surface area (TPSA) is 164 Å². The van der Waals surface area contributed by atoms with E-state index < -0.39 is 42.4 Å². The second-order valence-corrected chi connectivity index (χ2v) is 17.5. The summed E-state index contributed by atoms with van der Waals surface area (Å²) in [6.45, 7) is 12.6. The quantitative estimate of drug-likeness (QED) is 0.0661. The van der Waals surface area contributed by atoms with Gasteiger partial charge in [0.05, 0.1) is 35.3 Å². The molecule has 276 valence electrons. The number of esters is 2. The Balaban J connectivity index is 1.63. The van der Waals surface area contributed by atoms with Gasteiger partial charge in [0.25, 0.3) is 10.1 Å². The third-order valence-corrected chi connectivity index (χ3v) is 12.5. The maximum absolute atomic E-state index is 13.0. The average Bonchev–Trinajstić information content (AvgIpc) is 3.64. The molecule has 1 fully saturated rings. The number of allylic oxidation sites excluding steroid dienone is 4. The standard InChI is InChI=1S/C37H46N2O10S2/c1-7-34(40)49-26-17-18-29-27(24-26)36(3,4)31(38(29)20-9-10-22-50(42,43)44)13-11-14-32-37(5,6)28-23-25(35(41)48-8-2)16-19-30(28)39(32)21-12-15-33(39)51(45,46)47/h11,13-14,16-19,23-24,33H,7-10,12,15,20-22H2,1-6H3/p+2/b13-11?,32-14+. The van der Waals surface area contributed by atoms with Gasteiger partial charge in [0.15, 0.2) is 5.71 Å². The van der Waals surface area contributed by atoms with E-state index in [1.807, 2.05) is 58.1 Å². The molecule has 0 radical (unpaired) electrons. The molecule has 0 aromatic heterocycles. The molecular formula is C37H48N2O10S2+2. The van der Waals surface area contributed by atoms with Crippen molar-refractivity contribution < 1.29 is 49.6 Å². The molecule has 0 saturated carbocycles. The number of carbonyl (C=O) groups excluding carboxylic acids is 2. The lowest BCUT2D eigenvalue weighted by Crippen LogP contribution is -2.55. The Morgan fingerprint density at radius 2 is 1.71 bits per heavy atom. The lowest BCUT2D eigenvalue weighted by atomic mass is 9.81.